The van der Waals surface area contributed by atoms with Gasteiger partial charge in [0.15, 0.2) is 5.58 Å². The summed E-state index contributed by atoms with van der Waals surface area (Å²) in [5.74, 6) is 1.58. The number of fused-ring (bicyclic) bond motifs is 1. The molecule has 4 aromatic carbocycles. The lowest BCUT2D eigenvalue weighted by Gasteiger charge is -2.08. The maximum atomic E-state index is 12.7. The summed E-state index contributed by atoms with van der Waals surface area (Å²) in [6.45, 7) is 4.88. The maximum Gasteiger partial charge on any atom is 0.255 e. The SMILES string of the molecule is CCC(C)c1ccc2oc(-c3ccc(NC(=O)c4ccc(OCc5ccccc5)cc4)cc3)nc2c1. The van der Waals surface area contributed by atoms with Crippen molar-refractivity contribution in [1.29, 1.82) is 0 Å². The van der Waals surface area contributed by atoms with Crippen molar-refractivity contribution in [3.63, 3.8) is 0 Å². The molecule has 1 amide bonds. The number of benzene rings is 4. The second-order valence-corrected chi connectivity index (χ2v) is 8.89. The van der Waals surface area contributed by atoms with E-state index in [9.17, 15) is 4.79 Å². The molecule has 0 aliphatic carbocycles. The van der Waals surface area contributed by atoms with Crippen LogP contribution < -0.4 is 10.1 Å². The maximum absolute atomic E-state index is 12.7. The third kappa shape index (κ3) is 5.31. The second-order valence-electron chi connectivity index (χ2n) is 8.89. The van der Waals surface area contributed by atoms with Gasteiger partial charge in [-0.15, -0.1) is 0 Å². The van der Waals surface area contributed by atoms with Crippen molar-refractivity contribution in [2.75, 3.05) is 5.32 Å². The predicted octanol–water partition coefficient (Wildman–Crippen LogP) is 7.84. The first-order chi connectivity index (χ1) is 17.6. The van der Waals surface area contributed by atoms with Crippen LogP contribution in [0.3, 0.4) is 0 Å². The summed E-state index contributed by atoms with van der Waals surface area (Å²) in [6, 6.07) is 30.8. The van der Waals surface area contributed by atoms with E-state index < -0.39 is 0 Å². The van der Waals surface area contributed by atoms with Gasteiger partial charge in [-0.2, -0.15) is 0 Å². The van der Waals surface area contributed by atoms with Crippen molar-refractivity contribution < 1.29 is 13.9 Å². The number of rotatable bonds is 8. The highest BCUT2D eigenvalue weighted by Crippen LogP contribution is 2.28. The minimum Gasteiger partial charge on any atom is -0.489 e. The largest absolute Gasteiger partial charge is 0.489 e. The molecule has 0 saturated carbocycles. The van der Waals surface area contributed by atoms with Crippen LogP contribution in [0, 0.1) is 0 Å². The molecule has 0 bridgehead atoms. The van der Waals surface area contributed by atoms with Crippen LogP contribution in [-0.2, 0) is 6.61 Å². The first-order valence-corrected chi connectivity index (χ1v) is 12.2. The molecule has 0 radical (unpaired) electrons. The number of anilines is 1. The molecule has 5 rings (SSSR count). The summed E-state index contributed by atoms with van der Waals surface area (Å²) in [6.07, 6.45) is 1.08. The molecule has 1 unspecified atom stereocenters. The van der Waals surface area contributed by atoms with Crippen LogP contribution in [0.15, 0.2) is 101 Å². The molecular weight excluding hydrogens is 448 g/mol. The van der Waals surface area contributed by atoms with Crippen molar-refractivity contribution in [2.45, 2.75) is 32.8 Å². The summed E-state index contributed by atoms with van der Waals surface area (Å²) >= 11 is 0. The summed E-state index contributed by atoms with van der Waals surface area (Å²) in [7, 11) is 0. The van der Waals surface area contributed by atoms with Gasteiger partial charge in [0, 0.05) is 16.8 Å². The molecule has 5 aromatic rings. The van der Waals surface area contributed by atoms with Gasteiger partial charge in [-0.25, -0.2) is 4.98 Å². The van der Waals surface area contributed by atoms with E-state index in [0.717, 1.165) is 34.4 Å². The number of nitrogens with one attached hydrogen (secondary N) is 1. The van der Waals surface area contributed by atoms with Crippen molar-refractivity contribution in [3.05, 3.63) is 114 Å². The van der Waals surface area contributed by atoms with Gasteiger partial charge >= 0.3 is 0 Å². The average molecular weight is 477 g/mol. The molecule has 36 heavy (non-hydrogen) atoms. The first kappa shape index (κ1) is 23.4. The van der Waals surface area contributed by atoms with Gasteiger partial charge in [0.25, 0.3) is 5.91 Å². The topological polar surface area (TPSA) is 64.4 Å². The molecule has 5 nitrogen and oxygen atoms in total. The van der Waals surface area contributed by atoms with E-state index in [1.54, 1.807) is 24.3 Å². The highest BCUT2D eigenvalue weighted by atomic mass is 16.5. The van der Waals surface area contributed by atoms with E-state index in [0.29, 0.717) is 29.7 Å². The third-order valence-corrected chi connectivity index (χ3v) is 6.35. The van der Waals surface area contributed by atoms with E-state index >= 15 is 0 Å². The van der Waals surface area contributed by atoms with Gasteiger partial charge < -0.3 is 14.5 Å². The molecule has 0 aliphatic rings. The van der Waals surface area contributed by atoms with Gasteiger partial charge in [-0.3, -0.25) is 4.79 Å². The van der Waals surface area contributed by atoms with Gasteiger partial charge in [-0.1, -0.05) is 50.2 Å². The molecule has 5 heteroatoms. The normalized spacial score (nSPS) is 11.8. The molecule has 0 fully saturated rings. The van der Waals surface area contributed by atoms with E-state index in [1.807, 2.05) is 60.7 Å². The number of carbonyl (C=O) groups is 1. The zero-order valence-corrected chi connectivity index (χ0v) is 20.4. The number of nitrogens with zero attached hydrogens (tertiary/aromatic N) is 1. The van der Waals surface area contributed by atoms with E-state index in [1.165, 1.54) is 5.56 Å². The Bertz CT molecular complexity index is 1460. The highest BCUT2D eigenvalue weighted by Gasteiger charge is 2.12. The van der Waals surface area contributed by atoms with Crippen LogP contribution in [0.4, 0.5) is 5.69 Å². The molecule has 0 aliphatic heterocycles. The molecule has 180 valence electrons. The fourth-order valence-corrected chi connectivity index (χ4v) is 3.95. The van der Waals surface area contributed by atoms with Crippen LogP contribution in [0.25, 0.3) is 22.6 Å². The van der Waals surface area contributed by atoms with E-state index in [-0.39, 0.29) is 5.91 Å². The van der Waals surface area contributed by atoms with Crippen molar-refractivity contribution in [2.24, 2.45) is 0 Å². The Labute approximate surface area is 210 Å². The first-order valence-electron chi connectivity index (χ1n) is 12.2. The van der Waals surface area contributed by atoms with Crippen molar-refractivity contribution >= 4 is 22.7 Å². The fraction of sp³-hybridized carbons (Fsp3) is 0.161. The number of aromatic nitrogens is 1. The van der Waals surface area contributed by atoms with Crippen LogP contribution in [0.1, 0.15) is 47.7 Å². The van der Waals surface area contributed by atoms with Crippen LogP contribution >= 0.6 is 0 Å². The zero-order chi connectivity index (χ0) is 24.9. The Morgan fingerprint density at radius 1 is 0.944 bits per heavy atom. The average Bonchev–Trinajstić information content (AvgIpc) is 3.36. The minimum atomic E-state index is -0.184. The molecule has 0 saturated heterocycles. The Balaban J connectivity index is 1.22. The van der Waals surface area contributed by atoms with Crippen LogP contribution in [0.2, 0.25) is 0 Å². The third-order valence-electron chi connectivity index (χ3n) is 6.35. The summed E-state index contributed by atoms with van der Waals surface area (Å²) in [5, 5.41) is 2.94. The van der Waals surface area contributed by atoms with Crippen molar-refractivity contribution in [3.8, 4) is 17.2 Å². The second kappa shape index (κ2) is 10.5. The number of amides is 1. The lowest BCUT2D eigenvalue weighted by atomic mass is 9.98. The molecule has 1 heterocycles. The van der Waals surface area contributed by atoms with Crippen molar-refractivity contribution in [1.82, 2.24) is 4.98 Å². The lowest BCUT2D eigenvalue weighted by Crippen LogP contribution is -2.11. The Kier molecular flexibility index (Phi) is 6.80. The van der Waals surface area contributed by atoms with Gasteiger partial charge in [0.1, 0.15) is 17.9 Å². The Morgan fingerprint density at radius 3 is 2.42 bits per heavy atom. The lowest BCUT2D eigenvalue weighted by molar-refractivity contribution is 0.102. The molecule has 1 atom stereocenters. The smallest absolute Gasteiger partial charge is 0.255 e. The molecule has 1 N–H and O–H groups in total. The Morgan fingerprint density at radius 2 is 1.69 bits per heavy atom. The number of hydrogen-bond acceptors (Lipinski definition) is 4. The summed E-state index contributed by atoms with van der Waals surface area (Å²) in [5.41, 5.74) is 6.09. The highest BCUT2D eigenvalue weighted by molar-refractivity contribution is 6.04. The number of hydrogen-bond donors (Lipinski definition) is 1. The van der Waals surface area contributed by atoms with Gasteiger partial charge in [0.05, 0.1) is 0 Å². The van der Waals surface area contributed by atoms with Gasteiger partial charge in [0.2, 0.25) is 5.89 Å². The van der Waals surface area contributed by atoms with Gasteiger partial charge in [-0.05, 0) is 84.1 Å². The molecular formula is C31H28N2O3. The monoisotopic (exact) mass is 476 g/mol. The minimum absolute atomic E-state index is 0.184. The molecule has 0 spiro atoms. The number of carbonyl (C=O) groups excluding carboxylic acids is 1. The standard InChI is InChI=1S/C31H28N2O3/c1-3-21(2)25-13-18-29-28(19-25)33-31(36-29)24-9-14-26(15-10-24)32-30(34)23-11-16-27(17-12-23)35-20-22-7-5-4-6-8-22/h4-19,21H,3,20H2,1-2H3,(H,32,34). The summed E-state index contributed by atoms with van der Waals surface area (Å²) in [4.78, 5) is 17.4. The zero-order valence-electron chi connectivity index (χ0n) is 20.4. The number of ether oxygens (including phenoxy) is 1. The van der Waals surface area contributed by atoms with Crippen LogP contribution in [-0.4, -0.2) is 10.9 Å². The van der Waals surface area contributed by atoms with E-state index in [4.69, 9.17) is 9.15 Å². The van der Waals surface area contributed by atoms with E-state index in [2.05, 4.69) is 36.3 Å². The summed E-state index contributed by atoms with van der Waals surface area (Å²) < 4.78 is 11.8. The van der Waals surface area contributed by atoms with Crippen LogP contribution in [0.5, 0.6) is 5.75 Å². The molecule has 1 aromatic heterocycles. The fourth-order valence-electron chi connectivity index (χ4n) is 3.95. The quantitative estimate of drug-likeness (QED) is 0.248. The Hall–Kier alpha value is -4.38. The number of oxazole rings is 1. The predicted molar refractivity (Wildman–Crippen MR) is 143 cm³/mol.